The van der Waals surface area contributed by atoms with Crippen molar-refractivity contribution in [2.45, 2.75) is 129 Å². The molecule has 1 aromatic carbocycles. The number of amides is 1. The zero-order valence-electron chi connectivity index (χ0n) is 67.9. The molecule has 0 spiro atoms. The number of ether oxygens (including phenoxy) is 3. The van der Waals surface area contributed by atoms with Crippen LogP contribution >= 0.6 is 46.4 Å². The van der Waals surface area contributed by atoms with Gasteiger partial charge in [0.05, 0.1) is 184 Å². The summed E-state index contributed by atoms with van der Waals surface area (Å²) in [6, 6.07) is 25.8. The second-order valence-corrected chi connectivity index (χ2v) is 29.3. The molecule has 13 aromatic heterocycles. The largest absolute Gasteiger partial charge is 1.00 e. The predicted octanol–water partition coefficient (Wildman–Crippen LogP) is 9.31. The summed E-state index contributed by atoms with van der Waals surface area (Å²) in [4.78, 5) is 64.4. The fraction of sp³-hybridized carbons (Fsp3) is 0.308. The number of aliphatic hydroxyl groups excluding tert-OH is 1. The van der Waals surface area contributed by atoms with Gasteiger partial charge in [0.25, 0.3) is 16.0 Å². The maximum Gasteiger partial charge on any atom is 1.00 e. The predicted molar refractivity (Wildman–Crippen MR) is 442 cm³/mol. The first-order valence-corrected chi connectivity index (χ1v) is 39.7. The van der Waals surface area contributed by atoms with Crippen molar-refractivity contribution in [3.05, 3.63) is 237 Å². The Balaban J connectivity index is 0.000000201. The number of halogens is 4. The van der Waals surface area contributed by atoms with E-state index in [9.17, 15) is 27.6 Å². The molecule has 0 saturated carbocycles. The van der Waals surface area contributed by atoms with E-state index in [-0.39, 0.29) is 71.8 Å². The van der Waals surface area contributed by atoms with Gasteiger partial charge in [-0.05, 0) is 169 Å². The molecule has 0 atom stereocenters. The number of aromatic nitrogens is 22. The van der Waals surface area contributed by atoms with Gasteiger partial charge >= 0.3 is 36.8 Å². The molecule has 120 heavy (non-hydrogen) atoms. The number of benzene rings is 1. The van der Waals surface area contributed by atoms with E-state index in [2.05, 4.69) is 106 Å². The number of esters is 2. The molecule has 36 nitrogen and oxygen atoms in total. The molecule has 0 unspecified atom stereocenters. The van der Waals surface area contributed by atoms with E-state index in [1.54, 1.807) is 59.9 Å². The van der Waals surface area contributed by atoms with E-state index < -0.39 is 28.0 Å². The van der Waals surface area contributed by atoms with Gasteiger partial charge in [0.1, 0.15) is 6.61 Å². The summed E-state index contributed by atoms with van der Waals surface area (Å²) < 4.78 is 45.6. The number of hydrogen-bond acceptors (Lipinski definition) is 30. The molecule has 624 valence electrons. The summed E-state index contributed by atoms with van der Waals surface area (Å²) in [5.74, 6) is -2.39. The van der Waals surface area contributed by atoms with Crippen molar-refractivity contribution in [1.29, 1.82) is 0 Å². The third kappa shape index (κ3) is 26.3. The van der Waals surface area contributed by atoms with E-state index in [4.69, 9.17) is 70.8 Å². The molecule has 0 aliphatic carbocycles. The van der Waals surface area contributed by atoms with Gasteiger partial charge in [0.15, 0.2) is 22.6 Å². The second kappa shape index (κ2) is 45.1. The number of aliphatic hydroxyl groups is 1. The molecule has 1 saturated heterocycles. The van der Waals surface area contributed by atoms with Crippen LogP contribution in [0.1, 0.15) is 153 Å². The van der Waals surface area contributed by atoms with Gasteiger partial charge < -0.3 is 35.2 Å². The average Bonchev–Trinajstić information content (AvgIpc) is 1.63. The molecule has 0 bridgehead atoms. The molecule has 1 amide bonds. The molecule has 14 heterocycles. The van der Waals surface area contributed by atoms with Crippen molar-refractivity contribution in [2.75, 3.05) is 38.0 Å². The zero-order chi connectivity index (χ0) is 85.5. The fourth-order valence-electron chi connectivity index (χ4n) is 10.8. The first-order chi connectivity index (χ1) is 56.3. The molecule has 1 aliphatic rings. The number of hydrogen-bond donors (Lipinski definition) is 4. The average molecular weight is 1730 g/mol. The van der Waals surface area contributed by atoms with Crippen molar-refractivity contribution in [1.82, 2.24) is 110 Å². The third-order valence-corrected chi connectivity index (χ3v) is 18.8. The molecule has 15 rings (SSSR count). The Bertz CT molecular complexity index is 5950. The Kier molecular flexibility index (Phi) is 35.9. The second-order valence-electron chi connectivity index (χ2n) is 26.2. The van der Waals surface area contributed by atoms with Crippen LogP contribution < -0.4 is 24.2 Å². The normalized spacial score (nSPS) is 11.3. The number of H-pyrrole nitrogens is 1. The van der Waals surface area contributed by atoms with Crippen LogP contribution in [0.15, 0.2) is 110 Å². The van der Waals surface area contributed by atoms with Crippen LogP contribution in [0.25, 0.3) is 44.1 Å². The van der Waals surface area contributed by atoms with Crippen LogP contribution in [0.4, 0.5) is 5.69 Å². The van der Waals surface area contributed by atoms with Crippen LogP contribution in [-0.4, -0.2) is 191 Å². The van der Waals surface area contributed by atoms with Crippen molar-refractivity contribution in [3.63, 3.8) is 0 Å². The summed E-state index contributed by atoms with van der Waals surface area (Å²) >= 11 is 25.3. The van der Waals surface area contributed by atoms with Crippen molar-refractivity contribution < 1.29 is 80.5 Å². The minimum absolute atomic E-state index is 0. The first kappa shape index (κ1) is 95.7. The smallest absolute Gasteiger partial charge is 0.870 e. The number of nitrogens with one attached hydrogen (secondary N) is 2. The number of carboxylic acids is 1. The number of aryl methyl sites for hydroxylation is 10. The van der Waals surface area contributed by atoms with Gasteiger partial charge in [0, 0.05) is 49.4 Å². The minimum atomic E-state index is -3.40. The third-order valence-electron chi connectivity index (χ3n) is 16.7. The summed E-state index contributed by atoms with van der Waals surface area (Å²) in [6.45, 7) is 25.7. The topological polar surface area (TPSA) is 484 Å². The SMILES string of the molecule is C1CCOC1.CCOC(=O)c1cnc2c(c(C)nn2Cc2ccc(C)nn2)c1Cl.CCOC(=O)c1cnc2n[nH]c(C)c2c1Cl.Cc1ccc(CO)nn1.Cc1ccc(COS(C)(=O)=O)nn1.Cc1ccc(Cn2nc(C)c3c(Cl)c(C(=O)O)cnc32)nn1.Cc1ccc(NC(=O)c2cnc3c(c(C)nn3Cc3ccc(C)nn3)c2Cl)cc1.[Li+].[OH-]. The standard InChI is InChI=1S/C21H19ClN6O.C16H16ClN5O2.C14H12ClN5O2.C10H10ClN3O2.C7H10N2O3S.C6H8N2O.C4H8O.Li.H2O/c1-12-4-7-15(8-5-12)24-21(29)17-10-23-20-18(19(17)22)14(3)27-28(20)11-16-9-6-13(2)25-26-16;1-4-24-16(23)12-7-18-15-13(14(12)17)10(3)21-22(15)8-11-6-5-9(2)19-20-11;1-7-3-4-9(18-17-7)6-20-13-11(8(2)19-20)12(15)10(5-16-13)14(21)22;1-3-16-10(15)6-4-12-9-7(8(6)11)5(2)13-14-9;1-6-3-4-7(9-8-6)5-12-13(2,10)11;1-5-2-3-6(4-9)8-7-5;1-2-4-5-3-1;;/h4-10H,11H2,1-3H3,(H,24,29);5-7H,4,8H2,1-3H3;3-5H,6H2,1-2H3,(H,21,22);4H,3H2,1-2H3,(H,12,13,14);3-4H,5H2,1-2H3;2-3,9H,4H2,1H3;1-4H2;;1H2/q;;;;;;;+1;/p-1. The summed E-state index contributed by atoms with van der Waals surface area (Å²) in [5.41, 5.74) is 15.1. The number of carbonyl (C=O) groups is 4. The van der Waals surface area contributed by atoms with Gasteiger partial charge in [0.2, 0.25) is 0 Å². The maximum absolute atomic E-state index is 12.7. The van der Waals surface area contributed by atoms with E-state index in [1.165, 1.54) is 37.6 Å². The zero-order valence-corrected chi connectivity index (χ0v) is 71.7. The number of carbonyl (C=O) groups excluding carboxylic acids is 3. The van der Waals surface area contributed by atoms with Gasteiger partial charge in [-0.1, -0.05) is 64.1 Å². The fourth-order valence-corrected chi connectivity index (χ4v) is 12.5. The summed E-state index contributed by atoms with van der Waals surface area (Å²) in [7, 11) is -3.40. The quantitative estimate of drug-likeness (QED) is 0.0374. The monoisotopic (exact) mass is 1730 g/mol. The maximum atomic E-state index is 12.7. The summed E-state index contributed by atoms with van der Waals surface area (Å²) in [5, 5.41) is 83.6. The number of nitrogens with zero attached hydrogens (tertiary/aromatic N) is 21. The Morgan fingerprint density at radius 1 is 0.492 bits per heavy atom. The number of carboxylic acid groups (broad SMARTS) is 1. The molecular weight excluding hydrogens is 1650 g/mol. The molecule has 1 fully saturated rings. The van der Waals surface area contributed by atoms with Crippen molar-refractivity contribution >= 4 is 130 Å². The number of pyridine rings is 4. The number of fused-ring (bicyclic) bond motifs is 4. The molecule has 1 aliphatic heterocycles. The number of anilines is 1. The number of rotatable bonds is 17. The van der Waals surface area contributed by atoms with Crippen LogP contribution in [0.5, 0.6) is 0 Å². The molecule has 14 aromatic rings. The van der Waals surface area contributed by atoms with Crippen molar-refractivity contribution in [3.8, 4) is 0 Å². The van der Waals surface area contributed by atoms with E-state index in [0.717, 1.165) is 76.3 Å². The first-order valence-electron chi connectivity index (χ1n) is 36.3. The molecule has 0 radical (unpaired) electrons. The van der Waals surface area contributed by atoms with Crippen LogP contribution in [0, 0.1) is 69.2 Å². The minimum Gasteiger partial charge on any atom is -0.870 e. The number of aromatic carboxylic acids is 1. The van der Waals surface area contributed by atoms with Crippen LogP contribution in [-0.2, 0) is 61.4 Å². The molecule has 42 heteroatoms. The van der Waals surface area contributed by atoms with E-state index in [1.807, 2.05) is 122 Å². The Hall–Kier alpha value is -11.5. The Labute approximate surface area is 720 Å². The van der Waals surface area contributed by atoms with Gasteiger partial charge in [-0.15, -0.1) is 0 Å². The van der Waals surface area contributed by atoms with Crippen molar-refractivity contribution in [2.24, 2.45) is 0 Å². The van der Waals surface area contributed by atoms with Crippen LogP contribution in [0.2, 0.25) is 20.1 Å². The van der Waals surface area contributed by atoms with E-state index >= 15 is 0 Å². The Morgan fingerprint density at radius 2 is 0.850 bits per heavy atom. The van der Waals surface area contributed by atoms with Crippen LogP contribution in [0.3, 0.4) is 0 Å². The number of aromatic amines is 1. The molecule has 5 N–H and O–H groups in total. The Morgan fingerprint density at radius 3 is 1.21 bits per heavy atom. The van der Waals surface area contributed by atoms with Gasteiger partial charge in [-0.25, -0.2) is 48.4 Å². The van der Waals surface area contributed by atoms with Gasteiger partial charge in [-0.3, -0.25) is 14.1 Å². The van der Waals surface area contributed by atoms with Gasteiger partial charge in [-0.2, -0.15) is 79.8 Å². The molecular formula is C78H84Cl4LiN23O13S. The van der Waals surface area contributed by atoms with E-state index in [0.29, 0.717) is 125 Å². The summed E-state index contributed by atoms with van der Waals surface area (Å²) in [6.07, 6.45) is 9.07.